The van der Waals surface area contributed by atoms with Crippen molar-refractivity contribution in [2.45, 2.75) is 32.4 Å². The summed E-state index contributed by atoms with van der Waals surface area (Å²) in [4.78, 5) is 2.42. The van der Waals surface area contributed by atoms with E-state index in [-0.39, 0.29) is 0 Å². The lowest BCUT2D eigenvalue weighted by atomic mass is 10.1. The van der Waals surface area contributed by atoms with Gasteiger partial charge in [-0.15, -0.1) is 0 Å². The molecule has 0 radical (unpaired) electrons. The number of hydrogen-bond acceptors (Lipinski definition) is 3. The van der Waals surface area contributed by atoms with Crippen molar-refractivity contribution in [2.24, 2.45) is 0 Å². The number of nitrogens with zero attached hydrogens (tertiary/aromatic N) is 2. The smallest absolute Gasteiger partial charge is 0.0991 e. The van der Waals surface area contributed by atoms with Gasteiger partial charge in [0, 0.05) is 24.3 Å². The van der Waals surface area contributed by atoms with Crippen molar-refractivity contribution in [1.29, 1.82) is 5.26 Å². The van der Waals surface area contributed by atoms with Crippen molar-refractivity contribution < 1.29 is 0 Å². The molecule has 90 valence electrons. The number of rotatable bonds is 1. The third-order valence-electron chi connectivity index (χ3n) is 3.39. The van der Waals surface area contributed by atoms with Crippen LogP contribution >= 0.6 is 0 Å². The second kappa shape index (κ2) is 5.20. The minimum absolute atomic E-state index is 0.510. The Morgan fingerprint density at radius 3 is 2.65 bits per heavy atom. The highest BCUT2D eigenvalue weighted by molar-refractivity contribution is 5.50. The van der Waals surface area contributed by atoms with Gasteiger partial charge in [-0.05, 0) is 51.1 Å². The molecule has 1 aliphatic heterocycles. The van der Waals surface area contributed by atoms with Gasteiger partial charge in [-0.2, -0.15) is 5.26 Å². The van der Waals surface area contributed by atoms with Crippen molar-refractivity contribution in [2.75, 3.05) is 18.0 Å². The molecule has 1 fully saturated rings. The van der Waals surface area contributed by atoms with Crippen LogP contribution in [0.4, 0.5) is 5.69 Å². The lowest BCUT2D eigenvalue weighted by molar-refractivity contribution is 0.585. The Hall–Kier alpha value is -1.53. The summed E-state index contributed by atoms with van der Waals surface area (Å²) in [5.41, 5.74) is 1.94. The van der Waals surface area contributed by atoms with Crippen LogP contribution in [-0.4, -0.2) is 25.2 Å². The van der Waals surface area contributed by atoms with E-state index >= 15 is 0 Å². The number of hydrogen-bond donors (Lipinski definition) is 1. The minimum atomic E-state index is 0.510. The Bertz CT molecular complexity index is 404. The first-order chi connectivity index (χ1) is 8.20. The van der Waals surface area contributed by atoms with E-state index < -0.39 is 0 Å². The summed E-state index contributed by atoms with van der Waals surface area (Å²) in [5, 5.41) is 12.3. The van der Waals surface area contributed by atoms with Crippen LogP contribution < -0.4 is 10.2 Å². The molecule has 2 rings (SSSR count). The molecule has 2 unspecified atom stereocenters. The molecule has 1 aliphatic rings. The van der Waals surface area contributed by atoms with Crippen LogP contribution in [-0.2, 0) is 0 Å². The third-order valence-corrected chi connectivity index (χ3v) is 3.39. The summed E-state index contributed by atoms with van der Waals surface area (Å²) in [6, 6.07) is 11.1. The maximum Gasteiger partial charge on any atom is 0.0991 e. The molecular formula is C14H19N3. The van der Waals surface area contributed by atoms with Crippen molar-refractivity contribution in [1.82, 2.24) is 5.32 Å². The van der Waals surface area contributed by atoms with Crippen LogP contribution in [0, 0.1) is 11.3 Å². The first-order valence-corrected chi connectivity index (χ1v) is 6.21. The predicted molar refractivity (Wildman–Crippen MR) is 70.0 cm³/mol. The molecule has 1 saturated heterocycles. The monoisotopic (exact) mass is 229 g/mol. The molecule has 1 N–H and O–H groups in total. The zero-order valence-electron chi connectivity index (χ0n) is 10.5. The summed E-state index contributed by atoms with van der Waals surface area (Å²) in [6.45, 7) is 6.58. The van der Waals surface area contributed by atoms with E-state index in [2.05, 4.69) is 30.1 Å². The van der Waals surface area contributed by atoms with E-state index in [1.807, 2.05) is 24.3 Å². The molecule has 17 heavy (non-hydrogen) atoms. The Labute approximate surface area is 103 Å². The summed E-state index contributed by atoms with van der Waals surface area (Å²) in [7, 11) is 0. The molecule has 1 heterocycles. The van der Waals surface area contributed by atoms with Gasteiger partial charge in [0.05, 0.1) is 11.6 Å². The van der Waals surface area contributed by atoms with E-state index in [0.717, 1.165) is 25.1 Å². The van der Waals surface area contributed by atoms with Gasteiger partial charge >= 0.3 is 0 Å². The number of nitrogens with one attached hydrogen (secondary N) is 1. The second-order valence-corrected chi connectivity index (χ2v) is 4.80. The molecule has 0 aromatic heterocycles. The topological polar surface area (TPSA) is 39.1 Å². The highest BCUT2D eigenvalue weighted by Gasteiger charge is 2.20. The average Bonchev–Trinajstić information content (AvgIpc) is 2.51. The van der Waals surface area contributed by atoms with Crippen LogP contribution in [0.25, 0.3) is 0 Å². The standard InChI is InChI=1S/C14H19N3/c1-11-10-17(12(2)7-8-16-11)14-5-3-13(9-15)4-6-14/h3-6,11-12,16H,7-8,10H2,1-2H3. The van der Waals surface area contributed by atoms with E-state index in [0.29, 0.717) is 12.1 Å². The molecule has 1 aromatic rings. The van der Waals surface area contributed by atoms with Gasteiger partial charge in [-0.25, -0.2) is 0 Å². The maximum atomic E-state index is 8.80. The second-order valence-electron chi connectivity index (χ2n) is 4.80. The molecule has 2 atom stereocenters. The molecule has 0 aliphatic carbocycles. The Morgan fingerprint density at radius 1 is 1.29 bits per heavy atom. The zero-order valence-corrected chi connectivity index (χ0v) is 10.5. The molecule has 0 saturated carbocycles. The fourth-order valence-electron chi connectivity index (χ4n) is 2.32. The summed E-state index contributed by atoms with van der Waals surface area (Å²) in [5.74, 6) is 0. The lowest BCUT2D eigenvalue weighted by Gasteiger charge is -2.30. The SMILES string of the molecule is CC1CN(c2ccc(C#N)cc2)C(C)CCN1. The molecule has 0 amide bonds. The number of anilines is 1. The highest BCUT2D eigenvalue weighted by atomic mass is 15.2. The van der Waals surface area contributed by atoms with Gasteiger partial charge in [0.25, 0.3) is 0 Å². The van der Waals surface area contributed by atoms with Gasteiger partial charge in [-0.1, -0.05) is 0 Å². The van der Waals surface area contributed by atoms with Crippen molar-refractivity contribution in [3.63, 3.8) is 0 Å². The van der Waals surface area contributed by atoms with Gasteiger partial charge < -0.3 is 10.2 Å². The Balaban J connectivity index is 2.20. The largest absolute Gasteiger partial charge is 0.367 e. The van der Waals surface area contributed by atoms with Crippen molar-refractivity contribution >= 4 is 5.69 Å². The first-order valence-electron chi connectivity index (χ1n) is 6.21. The lowest BCUT2D eigenvalue weighted by Crippen LogP contribution is -2.38. The molecule has 0 bridgehead atoms. The number of nitriles is 1. The highest BCUT2D eigenvalue weighted by Crippen LogP contribution is 2.21. The normalized spacial score (nSPS) is 25.1. The molecular weight excluding hydrogens is 210 g/mol. The van der Waals surface area contributed by atoms with Gasteiger partial charge in [-0.3, -0.25) is 0 Å². The summed E-state index contributed by atoms with van der Waals surface area (Å²) < 4.78 is 0. The van der Waals surface area contributed by atoms with Crippen molar-refractivity contribution in [3.8, 4) is 6.07 Å². The quantitative estimate of drug-likeness (QED) is 0.802. The van der Waals surface area contributed by atoms with E-state index in [1.54, 1.807) is 0 Å². The fourth-order valence-corrected chi connectivity index (χ4v) is 2.32. The third kappa shape index (κ3) is 2.78. The zero-order chi connectivity index (χ0) is 12.3. The van der Waals surface area contributed by atoms with E-state index in [1.165, 1.54) is 5.69 Å². The van der Waals surface area contributed by atoms with Gasteiger partial charge in [0.2, 0.25) is 0 Å². The van der Waals surface area contributed by atoms with Crippen LogP contribution in [0.2, 0.25) is 0 Å². The van der Waals surface area contributed by atoms with Gasteiger partial charge in [0.1, 0.15) is 0 Å². The molecule has 0 spiro atoms. The number of benzene rings is 1. The van der Waals surface area contributed by atoms with Crippen LogP contribution in [0.1, 0.15) is 25.8 Å². The molecule has 1 aromatic carbocycles. The molecule has 3 heteroatoms. The average molecular weight is 229 g/mol. The van der Waals surface area contributed by atoms with Crippen LogP contribution in [0.15, 0.2) is 24.3 Å². The molecule has 3 nitrogen and oxygen atoms in total. The van der Waals surface area contributed by atoms with Gasteiger partial charge in [0.15, 0.2) is 0 Å². The Morgan fingerprint density at radius 2 is 2.00 bits per heavy atom. The van der Waals surface area contributed by atoms with E-state index in [4.69, 9.17) is 5.26 Å². The first kappa shape index (κ1) is 11.9. The maximum absolute atomic E-state index is 8.80. The Kier molecular flexibility index (Phi) is 3.65. The predicted octanol–water partition coefficient (Wildman–Crippen LogP) is 2.13. The summed E-state index contributed by atoms with van der Waals surface area (Å²) in [6.07, 6.45) is 1.16. The van der Waals surface area contributed by atoms with Crippen molar-refractivity contribution in [3.05, 3.63) is 29.8 Å². The van der Waals surface area contributed by atoms with E-state index in [9.17, 15) is 0 Å². The minimum Gasteiger partial charge on any atom is -0.367 e. The fraction of sp³-hybridized carbons (Fsp3) is 0.500. The van der Waals surface area contributed by atoms with Crippen LogP contribution in [0.3, 0.4) is 0 Å². The van der Waals surface area contributed by atoms with Crippen LogP contribution in [0.5, 0.6) is 0 Å². The summed E-state index contributed by atoms with van der Waals surface area (Å²) >= 11 is 0.